The fourth-order valence-electron chi connectivity index (χ4n) is 4.31. The van der Waals surface area contributed by atoms with E-state index in [0.717, 1.165) is 21.9 Å². The van der Waals surface area contributed by atoms with Crippen molar-refractivity contribution in [1.29, 1.82) is 0 Å². The van der Waals surface area contributed by atoms with Crippen molar-refractivity contribution in [3.05, 3.63) is 95.6 Å². The van der Waals surface area contributed by atoms with Gasteiger partial charge in [0, 0.05) is 50.4 Å². The third kappa shape index (κ3) is 4.77. The highest BCUT2D eigenvalue weighted by molar-refractivity contribution is 5.92. The second-order valence-electron chi connectivity index (χ2n) is 8.35. The largest absolute Gasteiger partial charge is 0.352 e. The molecule has 0 aliphatic carbocycles. The zero-order chi connectivity index (χ0) is 22.6. The van der Waals surface area contributed by atoms with Gasteiger partial charge in [0.1, 0.15) is 0 Å². The van der Waals surface area contributed by atoms with Crippen molar-refractivity contribution in [2.24, 2.45) is 0 Å². The molecule has 3 heterocycles. The minimum Gasteiger partial charge on any atom is -0.352 e. The monoisotopic (exact) mass is 440 g/mol. The molecule has 0 radical (unpaired) electrons. The maximum Gasteiger partial charge on any atom is 0.292 e. The molecule has 1 N–H and O–H groups in total. The molecule has 4 aromatic rings. The van der Waals surface area contributed by atoms with Crippen LogP contribution in [0.4, 0.5) is 0 Å². The number of benzene rings is 2. The standard InChI is InChI=1S/C26H24N4O3/c31-25-11-10-21(28-25)17-30(16-18-5-4-12-27-15-18)26(32)24-14-22(29-33-24)13-20-8-3-7-19-6-1-2-9-23(19)20/h1-9,12,14-15,21H,10-11,13,16-17H2,(H,28,31)/t21-/m0/s1. The van der Waals surface area contributed by atoms with Gasteiger partial charge in [-0.25, -0.2) is 0 Å². The first kappa shape index (κ1) is 20.9. The SMILES string of the molecule is O=C1CC[C@@H](CN(Cc2cccnc2)C(=O)c2cc(Cc3cccc4ccccc34)no2)N1. The van der Waals surface area contributed by atoms with E-state index in [9.17, 15) is 9.59 Å². The number of hydrogen-bond acceptors (Lipinski definition) is 5. The van der Waals surface area contributed by atoms with Crippen molar-refractivity contribution in [2.75, 3.05) is 6.54 Å². The Labute approximate surface area is 191 Å². The Hall–Kier alpha value is -4.00. The average Bonchev–Trinajstić information content (AvgIpc) is 3.48. The summed E-state index contributed by atoms with van der Waals surface area (Å²) in [5.74, 6) is -0.0408. The minimum absolute atomic E-state index is 0.0193. The van der Waals surface area contributed by atoms with Crippen LogP contribution in [0.5, 0.6) is 0 Å². The van der Waals surface area contributed by atoms with E-state index in [-0.39, 0.29) is 23.6 Å². The summed E-state index contributed by atoms with van der Waals surface area (Å²) in [6.07, 6.45) is 5.19. The summed E-state index contributed by atoms with van der Waals surface area (Å²) >= 11 is 0. The molecular formula is C26H24N4O3. The van der Waals surface area contributed by atoms with E-state index in [4.69, 9.17) is 4.52 Å². The van der Waals surface area contributed by atoms with E-state index in [1.54, 1.807) is 23.4 Å². The lowest BCUT2D eigenvalue weighted by molar-refractivity contribution is -0.119. The molecule has 33 heavy (non-hydrogen) atoms. The molecule has 1 fully saturated rings. The summed E-state index contributed by atoms with van der Waals surface area (Å²) < 4.78 is 5.47. The average molecular weight is 441 g/mol. The zero-order valence-corrected chi connectivity index (χ0v) is 18.1. The Morgan fingerprint density at radius 3 is 2.82 bits per heavy atom. The summed E-state index contributed by atoms with van der Waals surface area (Å²) in [6.45, 7) is 0.775. The van der Waals surface area contributed by atoms with Crippen molar-refractivity contribution in [2.45, 2.75) is 31.8 Å². The number of nitrogens with one attached hydrogen (secondary N) is 1. The summed E-state index contributed by atoms with van der Waals surface area (Å²) in [5.41, 5.74) is 2.73. The van der Waals surface area contributed by atoms with Gasteiger partial charge in [-0.3, -0.25) is 14.6 Å². The van der Waals surface area contributed by atoms with Gasteiger partial charge >= 0.3 is 0 Å². The molecule has 7 nitrogen and oxygen atoms in total. The van der Waals surface area contributed by atoms with Crippen molar-refractivity contribution in [1.82, 2.24) is 20.4 Å². The first-order valence-electron chi connectivity index (χ1n) is 11.1. The second kappa shape index (κ2) is 9.24. The van der Waals surface area contributed by atoms with Gasteiger partial charge in [0.2, 0.25) is 11.7 Å². The number of hydrogen-bond donors (Lipinski definition) is 1. The van der Waals surface area contributed by atoms with Crippen LogP contribution < -0.4 is 5.32 Å². The van der Waals surface area contributed by atoms with Crippen LogP contribution in [0.1, 0.15) is 40.2 Å². The van der Waals surface area contributed by atoms with E-state index >= 15 is 0 Å². The van der Waals surface area contributed by atoms with Crippen LogP contribution in [0.15, 0.2) is 77.6 Å². The highest BCUT2D eigenvalue weighted by Crippen LogP contribution is 2.22. The fourth-order valence-corrected chi connectivity index (χ4v) is 4.31. The number of aromatic nitrogens is 2. The first-order chi connectivity index (χ1) is 16.2. The van der Waals surface area contributed by atoms with E-state index < -0.39 is 0 Å². The van der Waals surface area contributed by atoms with Gasteiger partial charge < -0.3 is 14.7 Å². The molecular weight excluding hydrogens is 416 g/mol. The van der Waals surface area contributed by atoms with E-state index in [1.807, 2.05) is 30.3 Å². The highest BCUT2D eigenvalue weighted by atomic mass is 16.5. The molecule has 166 valence electrons. The maximum atomic E-state index is 13.4. The molecule has 1 saturated heterocycles. The molecule has 1 atom stereocenters. The molecule has 2 amide bonds. The van der Waals surface area contributed by atoms with Gasteiger partial charge in [-0.2, -0.15) is 0 Å². The molecule has 2 aromatic heterocycles. The number of carbonyl (C=O) groups excluding carboxylic acids is 2. The van der Waals surface area contributed by atoms with Crippen molar-refractivity contribution in [3.8, 4) is 0 Å². The Balaban J connectivity index is 1.36. The number of amides is 2. The number of fused-ring (bicyclic) bond motifs is 1. The summed E-state index contributed by atoms with van der Waals surface area (Å²) in [6, 6.07) is 19.8. The minimum atomic E-state index is -0.253. The number of rotatable bonds is 7. The normalized spacial score (nSPS) is 15.5. The number of carbonyl (C=O) groups is 2. The molecule has 0 unspecified atom stereocenters. The molecule has 2 aromatic carbocycles. The first-order valence-corrected chi connectivity index (χ1v) is 11.1. The van der Waals surface area contributed by atoms with E-state index in [2.05, 4.69) is 39.7 Å². The number of pyridine rings is 1. The van der Waals surface area contributed by atoms with Crippen LogP contribution in [-0.4, -0.2) is 39.4 Å². The van der Waals surface area contributed by atoms with Crippen LogP contribution in [0, 0.1) is 0 Å². The highest BCUT2D eigenvalue weighted by Gasteiger charge is 2.28. The fraction of sp³-hybridized carbons (Fsp3) is 0.231. The summed E-state index contributed by atoms with van der Waals surface area (Å²) in [7, 11) is 0. The number of nitrogens with zero attached hydrogens (tertiary/aromatic N) is 3. The van der Waals surface area contributed by atoms with Crippen LogP contribution >= 0.6 is 0 Å². The predicted molar refractivity (Wildman–Crippen MR) is 123 cm³/mol. The lowest BCUT2D eigenvalue weighted by Crippen LogP contribution is -2.41. The molecule has 5 rings (SSSR count). The van der Waals surface area contributed by atoms with Gasteiger partial charge in [0.15, 0.2) is 0 Å². The smallest absolute Gasteiger partial charge is 0.292 e. The lowest BCUT2D eigenvalue weighted by atomic mass is 10.0. The van der Waals surface area contributed by atoms with Crippen LogP contribution in [-0.2, 0) is 17.8 Å². The topological polar surface area (TPSA) is 88.3 Å². The lowest BCUT2D eigenvalue weighted by Gasteiger charge is -2.24. The van der Waals surface area contributed by atoms with Crippen LogP contribution in [0.3, 0.4) is 0 Å². The molecule has 0 bridgehead atoms. The van der Waals surface area contributed by atoms with E-state index in [0.29, 0.717) is 38.0 Å². The molecule has 1 aliphatic rings. The predicted octanol–water partition coefficient (Wildman–Crippen LogP) is 3.73. The Morgan fingerprint density at radius 2 is 2.00 bits per heavy atom. The second-order valence-corrected chi connectivity index (χ2v) is 8.35. The van der Waals surface area contributed by atoms with Crippen molar-refractivity contribution >= 4 is 22.6 Å². The van der Waals surface area contributed by atoms with E-state index in [1.165, 1.54) is 0 Å². The zero-order valence-electron chi connectivity index (χ0n) is 18.1. The van der Waals surface area contributed by atoms with Crippen LogP contribution in [0.2, 0.25) is 0 Å². The molecule has 0 saturated carbocycles. The quantitative estimate of drug-likeness (QED) is 0.473. The third-order valence-electron chi connectivity index (χ3n) is 5.93. The summed E-state index contributed by atoms with van der Waals surface area (Å²) in [4.78, 5) is 30.8. The molecule has 0 spiro atoms. The van der Waals surface area contributed by atoms with Gasteiger partial charge in [0.25, 0.3) is 5.91 Å². The van der Waals surface area contributed by atoms with Gasteiger partial charge in [0.05, 0.1) is 5.69 Å². The van der Waals surface area contributed by atoms with Gasteiger partial charge in [-0.05, 0) is 34.4 Å². The van der Waals surface area contributed by atoms with Crippen molar-refractivity contribution in [3.63, 3.8) is 0 Å². The molecule has 7 heteroatoms. The Morgan fingerprint density at radius 1 is 1.12 bits per heavy atom. The third-order valence-corrected chi connectivity index (χ3v) is 5.93. The van der Waals surface area contributed by atoms with Gasteiger partial charge in [-0.1, -0.05) is 53.7 Å². The van der Waals surface area contributed by atoms with Crippen molar-refractivity contribution < 1.29 is 14.1 Å². The molecule has 1 aliphatic heterocycles. The Bertz CT molecular complexity index is 1280. The summed E-state index contributed by atoms with van der Waals surface area (Å²) in [5, 5.41) is 9.43. The Kier molecular flexibility index (Phi) is 5.85. The maximum absolute atomic E-state index is 13.4. The van der Waals surface area contributed by atoms with Crippen LogP contribution in [0.25, 0.3) is 10.8 Å². The van der Waals surface area contributed by atoms with Gasteiger partial charge in [-0.15, -0.1) is 0 Å².